The lowest BCUT2D eigenvalue weighted by molar-refractivity contribution is 0.475. The molecule has 1 aliphatic carbocycles. The summed E-state index contributed by atoms with van der Waals surface area (Å²) in [7, 11) is 0. The molecule has 0 bridgehead atoms. The Hall–Kier alpha value is -1.32. The maximum Gasteiger partial charge on any atom is 0.115 e. The van der Waals surface area contributed by atoms with Gasteiger partial charge in [-0.15, -0.1) is 0 Å². The maximum absolute atomic E-state index is 8.63. The molecule has 0 aromatic heterocycles. The summed E-state index contributed by atoms with van der Waals surface area (Å²) in [5.74, 6) is 0.322. The van der Waals surface area contributed by atoms with Crippen LogP contribution >= 0.6 is 31.9 Å². The van der Waals surface area contributed by atoms with Gasteiger partial charge in [0, 0.05) is 6.42 Å². The van der Waals surface area contributed by atoms with Crippen LogP contribution < -0.4 is 0 Å². The molecule has 2 aromatic carbocycles. The molecule has 0 aliphatic heterocycles. The van der Waals surface area contributed by atoms with E-state index < -0.39 is 0 Å². The number of aryl methyl sites for hydroxylation is 1. The van der Waals surface area contributed by atoms with Gasteiger partial charge in [-0.05, 0) is 73.2 Å². The first-order valence-electron chi connectivity index (χ1n) is 8.29. The minimum atomic E-state index is -0.0940. The van der Waals surface area contributed by atoms with Crippen LogP contribution in [0.1, 0.15) is 34.2 Å². The highest BCUT2D eigenvalue weighted by Crippen LogP contribution is 2.42. The maximum atomic E-state index is 8.63. The van der Waals surface area contributed by atoms with Crippen molar-refractivity contribution in [2.45, 2.75) is 37.3 Å². The molecule has 0 saturated carbocycles. The van der Waals surface area contributed by atoms with Gasteiger partial charge in [0.05, 0.1) is 0 Å². The molecule has 0 amide bonds. The summed E-state index contributed by atoms with van der Waals surface area (Å²) in [5, 5.41) is 8.63. The minimum absolute atomic E-state index is 0.0940. The van der Waals surface area contributed by atoms with E-state index in [-0.39, 0.29) is 3.23 Å². The summed E-state index contributed by atoms with van der Waals surface area (Å²) >= 11 is 7.39. The number of phenols is 1. The molecule has 0 spiro atoms. The van der Waals surface area contributed by atoms with Gasteiger partial charge in [-0.3, -0.25) is 0 Å². The highest BCUT2D eigenvalue weighted by molar-refractivity contribution is 9.25. The van der Waals surface area contributed by atoms with Crippen molar-refractivity contribution in [1.82, 2.24) is 0 Å². The predicted molar refractivity (Wildman–Crippen MR) is 116 cm³/mol. The van der Waals surface area contributed by atoms with Gasteiger partial charge in [-0.2, -0.15) is 0 Å². The summed E-state index contributed by atoms with van der Waals surface area (Å²) < 4.78 is -0.0940. The van der Waals surface area contributed by atoms with Crippen LogP contribution in [0.4, 0.5) is 0 Å². The van der Waals surface area contributed by atoms with Gasteiger partial charge in [0.15, 0.2) is 0 Å². The third-order valence-corrected chi connectivity index (χ3v) is 5.74. The topological polar surface area (TPSA) is 20.2 Å². The number of alkyl halides is 2. The predicted octanol–water partition coefficient (Wildman–Crippen LogP) is 7.14. The number of rotatable bonds is 1. The van der Waals surface area contributed by atoms with E-state index in [1.54, 1.807) is 24.3 Å². The third kappa shape index (κ3) is 5.32. The average Bonchev–Trinajstić information content (AvgIpc) is 2.56. The van der Waals surface area contributed by atoms with Crippen molar-refractivity contribution in [3.05, 3.63) is 82.4 Å². The van der Waals surface area contributed by atoms with E-state index in [4.69, 9.17) is 5.11 Å². The first-order chi connectivity index (χ1) is 11.7. The van der Waals surface area contributed by atoms with E-state index in [1.165, 1.54) is 33.4 Å². The number of aromatic hydroxyl groups is 1. The number of phenolic OH excluding ortho intramolecular Hbond substituents is 1. The molecule has 3 heteroatoms. The highest BCUT2D eigenvalue weighted by Gasteiger charge is 2.24. The minimum Gasteiger partial charge on any atom is -0.508 e. The van der Waals surface area contributed by atoms with E-state index in [0.29, 0.717) is 5.75 Å². The lowest BCUT2D eigenvalue weighted by Gasteiger charge is -2.24. The van der Waals surface area contributed by atoms with Crippen molar-refractivity contribution in [2.75, 3.05) is 0 Å². The Morgan fingerprint density at radius 2 is 1.56 bits per heavy atom. The molecule has 2 aromatic rings. The van der Waals surface area contributed by atoms with Gasteiger partial charge in [0.2, 0.25) is 0 Å². The SMILES string of the molecule is Cc1cc(C2=CC=CC(Br)(Br)C2)c(C)c(C)c1C.Oc1ccccc1. The Bertz CT molecular complexity index is 803. The van der Waals surface area contributed by atoms with Gasteiger partial charge in [-0.25, -0.2) is 0 Å². The number of allylic oxidation sites excluding steroid dienone is 4. The highest BCUT2D eigenvalue weighted by atomic mass is 79.9. The van der Waals surface area contributed by atoms with Gasteiger partial charge < -0.3 is 5.11 Å². The Morgan fingerprint density at radius 1 is 0.920 bits per heavy atom. The number of para-hydroxylation sites is 1. The lowest BCUT2D eigenvalue weighted by atomic mass is 9.88. The molecule has 1 nitrogen and oxygen atoms in total. The van der Waals surface area contributed by atoms with Gasteiger partial charge in [0.25, 0.3) is 0 Å². The van der Waals surface area contributed by atoms with Gasteiger partial charge in [-0.1, -0.05) is 74.4 Å². The largest absolute Gasteiger partial charge is 0.508 e. The van der Waals surface area contributed by atoms with E-state index in [1.807, 2.05) is 6.07 Å². The Morgan fingerprint density at radius 3 is 2.08 bits per heavy atom. The molecule has 0 radical (unpaired) electrons. The summed E-state index contributed by atoms with van der Waals surface area (Å²) in [6, 6.07) is 11.0. The van der Waals surface area contributed by atoms with Crippen LogP contribution in [0.15, 0.2) is 54.6 Å². The number of hydrogen-bond donors (Lipinski definition) is 1. The number of halogens is 2. The third-order valence-electron chi connectivity index (χ3n) is 4.65. The monoisotopic (exact) mass is 462 g/mol. The molecule has 0 atom stereocenters. The van der Waals surface area contributed by atoms with E-state index in [2.05, 4.69) is 83.8 Å². The molecule has 3 rings (SSSR count). The Labute approximate surface area is 167 Å². The first-order valence-corrected chi connectivity index (χ1v) is 9.88. The summed E-state index contributed by atoms with van der Waals surface area (Å²) in [4.78, 5) is 0. The molecule has 1 N–H and O–H groups in total. The zero-order valence-corrected chi connectivity index (χ0v) is 18.3. The van der Waals surface area contributed by atoms with Crippen molar-refractivity contribution in [2.24, 2.45) is 0 Å². The summed E-state index contributed by atoms with van der Waals surface area (Å²) in [6.45, 7) is 8.84. The van der Waals surface area contributed by atoms with Crippen LogP contribution in [-0.2, 0) is 0 Å². The fourth-order valence-electron chi connectivity index (χ4n) is 2.84. The van der Waals surface area contributed by atoms with Crippen LogP contribution in [0.2, 0.25) is 0 Å². The average molecular weight is 464 g/mol. The second-order valence-corrected chi connectivity index (χ2v) is 10.3. The Balaban J connectivity index is 0.000000269. The molecule has 0 heterocycles. The molecule has 25 heavy (non-hydrogen) atoms. The van der Waals surface area contributed by atoms with E-state index >= 15 is 0 Å². The molecular formula is C22H24Br2O. The van der Waals surface area contributed by atoms with Crippen LogP contribution in [0.25, 0.3) is 5.57 Å². The number of hydrogen-bond acceptors (Lipinski definition) is 1. The smallest absolute Gasteiger partial charge is 0.115 e. The van der Waals surface area contributed by atoms with E-state index in [0.717, 1.165) is 6.42 Å². The fourth-order valence-corrected chi connectivity index (χ4v) is 3.74. The van der Waals surface area contributed by atoms with Crippen LogP contribution in [0, 0.1) is 27.7 Å². The lowest BCUT2D eigenvalue weighted by Crippen LogP contribution is -2.11. The molecule has 1 aliphatic rings. The van der Waals surface area contributed by atoms with Gasteiger partial charge >= 0.3 is 0 Å². The number of benzene rings is 2. The second-order valence-electron chi connectivity index (χ2n) is 6.44. The zero-order valence-electron chi connectivity index (χ0n) is 15.1. The van der Waals surface area contributed by atoms with Crippen molar-refractivity contribution in [3.63, 3.8) is 0 Å². The van der Waals surface area contributed by atoms with Crippen LogP contribution in [0.5, 0.6) is 5.75 Å². The molecular weight excluding hydrogens is 440 g/mol. The normalized spacial score (nSPS) is 15.2. The molecule has 0 fully saturated rings. The van der Waals surface area contributed by atoms with Crippen molar-refractivity contribution in [3.8, 4) is 5.75 Å². The standard InChI is InChI=1S/C16H18Br2.C6H6O/c1-10-8-15(13(4)12(3)11(10)2)14-6-5-7-16(17,18)9-14;7-6-4-2-1-3-5-6/h5-8H,9H2,1-4H3;1-5,7H. The molecule has 132 valence electrons. The summed E-state index contributed by atoms with van der Waals surface area (Å²) in [6.07, 6.45) is 7.44. The van der Waals surface area contributed by atoms with Crippen LogP contribution in [0.3, 0.4) is 0 Å². The van der Waals surface area contributed by atoms with Crippen molar-refractivity contribution < 1.29 is 5.11 Å². The van der Waals surface area contributed by atoms with Crippen molar-refractivity contribution in [1.29, 1.82) is 0 Å². The van der Waals surface area contributed by atoms with Gasteiger partial charge in [0.1, 0.15) is 8.98 Å². The quantitative estimate of drug-likeness (QED) is 0.445. The fraction of sp³-hybridized carbons (Fsp3) is 0.273. The molecule has 0 saturated heterocycles. The van der Waals surface area contributed by atoms with E-state index in [9.17, 15) is 0 Å². The summed E-state index contributed by atoms with van der Waals surface area (Å²) in [5.41, 5.74) is 8.36. The van der Waals surface area contributed by atoms with Crippen molar-refractivity contribution >= 4 is 37.4 Å². The zero-order chi connectivity index (χ0) is 18.6. The molecule has 0 unspecified atom stereocenters. The first kappa shape index (κ1) is 20.0. The Kier molecular flexibility index (Phi) is 6.70. The second kappa shape index (κ2) is 8.37. The van der Waals surface area contributed by atoms with Crippen LogP contribution in [-0.4, -0.2) is 8.34 Å².